The van der Waals surface area contributed by atoms with Gasteiger partial charge in [-0.05, 0) is 56.0 Å². The van der Waals surface area contributed by atoms with Gasteiger partial charge in [-0.15, -0.1) is 0 Å². The van der Waals surface area contributed by atoms with Crippen molar-refractivity contribution in [1.29, 1.82) is 0 Å². The molecule has 0 amide bonds. The van der Waals surface area contributed by atoms with Gasteiger partial charge in [0.1, 0.15) is 5.82 Å². The number of hydrogen-bond donors (Lipinski definition) is 3. The van der Waals surface area contributed by atoms with Crippen LogP contribution in [0, 0.1) is 12.7 Å². The smallest absolute Gasteiger partial charge is 0.241 e. The van der Waals surface area contributed by atoms with Gasteiger partial charge in [0.15, 0.2) is 0 Å². The van der Waals surface area contributed by atoms with Crippen LogP contribution in [-0.4, -0.2) is 53.3 Å². The Balaban J connectivity index is 1.56. The maximum Gasteiger partial charge on any atom is 0.241 e. The Kier molecular flexibility index (Phi) is 8.01. The van der Waals surface area contributed by atoms with Crippen LogP contribution < -0.4 is 9.44 Å². The monoisotopic (exact) mass is 486 g/mol. The van der Waals surface area contributed by atoms with E-state index in [-0.39, 0.29) is 29.0 Å². The molecule has 3 N–H and O–H groups in total. The van der Waals surface area contributed by atoms with Gasteiger partial charge in [-0.3, -0.25) is 0 Å². The molecule has 32 heavy (non-hydrogen) atoms. The van der Waals surface area contributed by atoms with Gasteiger partial charge in [0, 0.05) is 6.54 Å². The second kappa shape index (κ2) is 10.4. The molecule has 0 unspecified atom stereocenters. The third kappa shape index (κ3) is 6.12. The molecule has 3 rings (SSSR count). The van der Waals surface area contributed by atoms with Gasteiger partial charge in [0.2, 0.25) is 20.0 Å². The Labute approximate surface area is 187 Å². The van der Waals surface area contributed by atoms with Gasteiger partial charge in [-0.25, -0.2) is 30.7 Å². The first kappa shape index (κ1) is 24.7. The van der Waals surface area contributed by atoms with Gasteiger partial charge in [-0.2, -0.15) is 0 Å². The number of nitrogens with one attached hydrogen (secondary N) is 2. The van der Waals surface area contributed by atoms with Crippen molar-refractivity contribution in [2.45, 2.75) is 54.2 Å². The summed E-state index contributed by atoms with van der Waals surface area (Å²) >= 11 is 0. The number of benzene rings is 2. The highest BCUT2D eigenvalue weighted by molar-refractivity contribution is 7.89. The molecule has 1 aliphatic rings. The highest BCUT2D eigenvalue weighted by Crippen LogP contribution is 2.24. The van der Waals surface area contributed by atoms with Crippen LogP contribution in [0.5, 0.6) is 0 Å². The van der Waals surface area contributed by atoms with E-state index in [2.05, 4.69) is 9.44 Å². The zero-order valence-electron chi connectivity index (χ0n) is 17.6. The van der Waals surface area contributed by atoms with Gasteiger partial charge >= 0.3 is 0 Å². The quantitative estimate of drug-likeness (QED) is 0.496. The zero-order chi connectivity index (χ0) is 23.4. The predicted octanol–water partition coefficient (Wildman–Crippen LogP) is 1.69. The normalized spacial score (nSPS) is 22.0. The maximum atomic E-state index is 13.3. The minimum atomic E-state index is -3.86. The van der Waals surface area contributed by atoms with Gasteiger partial charge < -0.3 is 9.84 Å². The average molecular weight is 487 g/mol. The summed E-state index contributed by atoms with van der Waals surface area (Å²) in [5, 5.41) is 9.72. The number of aliphatic hydroxyl groups is 1. The van der Waals surface area contributed by atoms with Gasteiger partial charge in [0.25, 0.3) is 0 Å². The van der Waals surface area contributed by atoms with Crippen LogP contribution in [0.1, 0.15) is 24.8 Å². The third-order valence-electron chi connectivity index (χ3n) is 5.35. The van der Waals surface area contributed by atoms with Crippen molar-refractivity contribution in [2.75, 3.05) is 13.2 Å². The molecule has 0 aromatic heterocycles. The largest absolute Gasteiger partial charge is 0.394 e. The maximum absolute atomic E-state index is 13.3. The number of rotatable bonds is 9. The lowest BCUT2D eigenvalue weighted by molar-refractivity contribution is -0.0869. The molecule has 3 atom stereocenters. The second-order valence-electron chi connectivity index (χ2n) is 7.69. The lowest BCUT2D eigenvalue weighted by Gasteiger charge is -2.36. The van der Waals surface area contributed by atoms with Gasteiger partial charge in [-0.1, -0.05) is 24.3 Å². The Morgan fingerprint density at radius 3 is 2.50 bits per heavy atom. The number of sulfonamides is 2. The van der Waals surface area contributed by atoms with E-state index in [1.807, 2.05) is 0 Å². The molecular formula is C21H27FN2O6S2. The fraction of sp³-hybridized carbons (Fsp3) is 0.429. The first-order valence-electron chi connectivity index (χ1n) is 10.2. The molecule has 0 spiro atoms. The van der Waals surface area contributed by atoms with E-state index in [1.165, 1.54) is 18.2 Å². The first-order valence-corrected chi connectivity index (χ1v) is 13.2. The summed E-state index contributed by atoms with van der Waals surface area (Å²) in [6, 6.07) is 10.7. The molecular weight excluding hydrogens is 459 g/mol. The number of aryl methyl sites for hydroxylation is 1. The number of aliphatic hydroxyl groups excluding tert-OH is 1. The lowest BCUT2D eigenvalue weighted by atomic mass is 9.98. The Morgan fingerprint density at radius 2 is 1.81 bits per heavy atom. The minimum Gasteiger partial charge on any atom is -0.394 e. The summed E-state index contributed by atoms with van der Waals surface area (Å²) in [7, 11) is -7.64. The van der Waals surface area contributed by atoms with Crippen molar-refractivity contribution < 1.29 is 31.1 Å². The molecule has 1 heterocycles. The number of hydrogen-bond acceptors (Lipinski definition) is 6. The van der Waals surface area contributed by atoms with Crippen molar-refractivity contribution in [3.63, 3.8) is 0 Å². The van der Waals surface area contributed by atoms with E-state index in [0.29, 0.717) is 24.8 Å². The molecule has 2 aromatic rings. The molecule has 1 fully saturated rings. The van der Waals surface area contributed by atoms with Crippen molar-refractivity contribution in [1.82, 2.24) is 9.44 Å². The molecule has 1 aliphatic heterocycles. The van der Waals surface area contributed by atoms with E-state index in [9.17, 15) is 26.3 Å². The summed E-state index contributed by atoms with van der Waals surface area (Å²) in [5.41, 5.74) is 0.612. The van der Waals surface area contributed by atoms with Crippen LogP contribution in [0.3, 0.4) is 0 Å². The second-order valence-corrected chi connectivity index (χ2v) is 11.1. The Hall–Kier alpha value is -1.89. The van der Waals surface area contributed by atoms with Crippen LogP contribution in [-0.2, 0) is 24.8 Å². The van der Waals surface area contributed by atoms with E-state index < -0.39 is 38.0 Å². The fourth-order valence-corrected chi connectivity index (χ4v) is 6.29. The van der Waals surface area contributed by atoms with Crippen LogP contribution in [0.25, 0.3) is 0 Å². The van der Waals surface area contributed by atoms with Crippen molar-refractivity contribution >= 4 is 20.0 Å². The molecule has 0 bridgehead atoms. The Bertz CT molecular complexity index is 1140. The van der Waals surface area contributed by atoms with Crippen molar-refractivity contribution in [3.05, 3.63) is 59.9 Å². The molecule has 11 heteroatoms. The summed E-state index contributed by atoms with van der Waals surface area (Å²) in [4.78, 5) is 0.00606. The van der Waals surface area contributed by atoms with Crippen molar-refractivity contribution in [2.24, 2.45) is 0 Å². The third-order valence-corrected chi connectivity index (χ3v) is 8.46. The van der Waals surface area contributed by atoms with E-state index in [4.69, 9.17) is 4.74 Å². The van der Waals surface area contributed by atoms with E-state index >= 15 is 0 Å². The molecule has 176 valence electrons. The number of ether oxygens (including phenoxy) is 1. The molecule has 8 nitrogen and oxygen atoms in total. The van der Waals surface area contributed by atoms with E-state index in [1.54, 1.807) is 25.1 Å². The highest BCUT2D eigenvalue weighted by Gasteiger charge is 2.34. The lowest BCUT2D eigenvalue weighted by Crippen LogP contribution is -2.51. The van der Waals surface area contributed by atoms with Gasteiger partial charge in [0.05, 0.1) is 34.6 Å². The van der Waals surface area contributed by atoms with Crippen LogP contribution >= 0.6 is 0 Å². The molecule has 0 aliphatic carbocycles. The topological polar surface area (TPSA) is 122 Å². The van der Waals surface area contributed by atoms with Crippen molar-refractivity contribution in [3.8, 4) is 0 Å². The summed E-state index contributed by atoms with van der Waals surface area (Å²) in [6.07, 6.45) is 0.119. The highest BCUT2D eigenvalue weighted by atomic mass is 32.2. The predicted molar refractivity (Wildman–Crippen MR) is 116 cm³/mol. The fourth-order valence-electron chi connectivity index (χ4n) is 3.67. The number of halogens is 1. The molecule has 0 saturated carbocycles. The SMILES string of the molecule is Cc1ccccc1S(=O)(=O)N[C@@H]1CC[C@@H](CCNS(=O)(=O)c2cccc(F)c2)O[C@@H]1CO. The average Bonchev–Trinajstić information content (AvgIpc) is 2.74. The summed E-state index contributed by atoms with van der Waals surface area (Å²) < 4.78 is 74.2. The summed E-state index contributed by atoms with van der Waals surface area (Å²) in [6.45, 7) is 1.38. The van der Waals surface area contributed by atoms with Crippen LogP contribution in [0.2, 0.25) is 0 Å². The van der Waals surface area contributed by atoms with E-state index in [0.717, 1.165) is 12.1 Å². The standard InChI is InChI=1S/C21H27FN2O6S2/c1-15-5-2-3-8-21(15)32(28,29)24-19-10-9-17(30-20(19)14-25)11-12-23-31(26,27)18-7-4-6-16(22)13-18/h2-8,13,17,19-20,23-25H,9-12,14H2,1H3/t17-,19+,20+/m0/s1. The molecule has 2 aromatic carbocycles. The summed E-state index contributed by atoms with van der Waals surface area (Å²) in [5.74, 6) is -0.645. The minimum absolute atomic E-state index is 0.0568. The molecule has 1 saturated heterocycles. The first-order chi connectivity index (χ1) is 15.1. The van der Waals surface area contributed by atoms with Crippen LogP contribution in [0.4, 0.5) is 4.39 Å². The zero-order valence-corrected chi connectivity index (χ0v) is 19.2. The Morgan fingerprint density at radius 1 is 1.06 bits per heavy atom. The van der Waals surface area contributed by atoms with Crippen LogP contribution in [0.15, 0.2) is 58.3 Å². The molecule has 0 radical (unpaired) electrons.